The van der Waals surface area contributed by atoms with Crippen molar-refractivity contribution in [3.8, 4) is 5.88 Å². The van der Waals surface area contributed by atoms with Crippen LogP contribution in [0, 0.1) is 5.92 Å². The minimum Gasteiger partial charge on any atom is -0.481 e. The standard InChI is InChI=1S/C14H22N2O2/c1-14(2,17)12-6-8-16(10-12)9-11-5-4-7-15-13(11)18-3/h4-5,7,12,17H,6,8-10H2,1-3H3/t12-/m0/s1. The van der Waals surface area contributed by atoms with E-state index in [1.807, 2.05) is 26.0 Å². The molecule has 100 valence electrons. The van der Waals surface area contributed by atoms with E-state index in [2.05, 4.69) is 9.88 Å². The van der Waals surface area contributed by atoms with Crippen LogP contribution in [0.5, 0.6) is 5.88 Å². The first-order chi connectivity index (χ1) is 8.50. The van der Waals surface area contributed by atoms with Gasteiger partial charge in [-0.15, -0.1) is 0 Å². The highest BCUT2D eigenvalue weighted by molar-refractivity contribution is 5.25. The number of methoxy groups -OCH3 is 1. The molecule has 1 aromatic heterocycles. The second kappa shape index (κ2) is 5.24. The number of hydrogen-bond acceptors (Lipinski definition) is 4. The van der Waals surface area contributed by atoms with Gasteiger partial charge in [0.1, 0.15) is 0 Å². The number of hydrogen-bond donors (Lipinski definition) is 1. The highest BCUT2D eigenvalue weighted by Gasteiger charge is 2.33. The maximum Gasteiger partial charge on any atom is 0.217 e. The first-order valence-corrected chi connectivity index (χ1v) is 6.43. The van der Waals surface area contributed by atoms with Crippen molar-refractivity contribution in [1.29, 1.82) is 0 Å². The summed E-state index contributed by atoms with van der Waals surface area (Å²) in [6, 6.07) is 3.98. The molecule has 1 aliphatic rings. The Hall–Kier alpha value is -1.13. The smallest absolute Gasteiger partial charge is 0.217 e. The Bertz CT molecular complexity index is 401. The van der Waals surface area contributed by atoms with E-state index in [0.29, 0.717) is 11.8 Å². The van der Waals surface area contributed by atoms with Gasteiger partial charge in [0.05, 0.1) is 12.7 Å². The third-order valence-electron chi connectivity index (χ3n) is 3.71. The molecule has 1 N–H and O–H groups in total. The highest BCUT2D eigenvalue weighted by Crippen LogP contribution is 2.28. The molecule has 0 amide bonds. The lowest BCUT2D eigenvalue weighted by atomic mass is 9.90. The van der Waals surface area contributed by atoms with Crippen LogP contribution < -0.4 is 4.74 Å². The van der Waals surface area contributed by atoms with Gasteiger partial charge in [-0.2, -0.15) is 0 Å². The number of rotatable bonds is 4. The molecule has 1 atom stereocenters. The quantitative estimate of drug-likeness (QED) is 0.883. The van der Waals surface area contributed by atoms with E-state index in [4.69, 9.17) is 4.74 Å². The number of aromatic nitrogens is 1. The molecule has 4 nitrogen and oxygen atoms in total. The first kappa shape index (κ1) is 13.3. The summed E-state index contributed by atoms with van der Waals surface area (Å²) >= 11 is 0. The Morgan fingerprint density at radius 3 is 2.94 bits per heavy atom. The molecule has 0 radical (unpaired) electrons. The van der Waals surface area contributed by atoms with Gasteiger partial charge in [0, 0.05) is 30.8 Å². The van der Waals surface area contributed by atoms with Crippen LogP contribution in [0.15, 0.2) is 18.3 Å². The molecule has 1 aliphatic heterocycles. The van der Waals surface area contributed by atoms with Crippen LogP contribution in [-0.2, 0) is 6.54 Å². The topological polar surface area (TPSA) is 45.6 Å². The minimum atomic E-state index is -0.590. The molecule has 2 rings (SSSR count). The lowest BCUT2D eigenvalue weighted by Crippen LogP contribution is -2.33. The van der Waals surface area contributed by atoms with Crippen molar-refractivity contribution in [1.82, 2.24) is 9.88 Å². The third kappa shape index (κ3) is 3.00. The fourth-order valence-electron chi connectivity index (χ4n) is 2.52. The normalized spacial score (nSPS) is 21.2. The number of ether oxygens (including phenoxy) is 1. The number of nitrogens with zero attached hydrogens (tertiary/aromatic N) is 2. The van der Waals surface area contributed by atoms with Crippen molar-refractivity contribution < 1.29 is 9.84 Å². The molecular formula is C14H22N2O2. The lowest BCUT2D eigenvalue weighted by molar-refractivity contribution is 0.0207. The number of pyridine rings is 1. The van der Waals surface area contributed by atoms with Crippen molar-refractivity contribution in [3.05, 3.63) is 23.9 Å². The fourth-order valence-corrected chi connectivity index (χ4v) is 2.52. The van der Waals surface area contributed by atoms with Gasteiger partial charge in [-0.05, 0) is 32.9 Å². The van der Waals surface area contributed by atoms with Crippen molar-refractivity contribution in [2.75, 3.05) is 20.2 Å². The molecule has 0 aliphatic carbocycles. The zero-order valence-corrected chi connectivity index (χ0v) is 11.4. The van der Waals surface area contributed by atoms with Gasteiger partial charge < -0.3 is 9.84 Å². The summed E-state index contributed by atoms with van der Waals surface area (Å²) < 4.78 is 5.26. The molecule has 2 heterocycles. The van der Waals surface area contributed by atoms with Crippen molar-refractivity contribution in [3.63, 3.8) is 0 Å². The predicted molar refractivity (Wildman–Crippen MR) is 70.5 cm³/mol. The Labute approximate surface area is 109 Å². The van der Waals surface area contributed by atoms with Gasteiger partial charge in [0.15, 0.2) is 0 Å². The summed E-state index contributed by atoms with van der Waals surface area (Å²) in [5.74, 6) is 1.05. The van der Waals surface area contributed by atoms with Gasteiger partial charge in [0.2, 0.25) is 5.88 Å². The average Bonchev–Trinajstić information content (AvgIpc) is 2.78. The second-order valence-corrected chi connectivity index (χ2v) is 5.55. The average molecular weight is 250 g/mol. The number of likely N-dealkylation sites (tertiary alicyclic amines) is 1. The van der Waals surface area contributed by atoms with Crippen LogP contribution in [0.4, 0.5) is 0 Å². The summed E-state index contributed by atoms with van der Waals surface area (Å²) in [7, 11) is 1.65. The summed E-state index contributed by atoms with van der Waals surface area (Å²) in [5.41, 5.74) is 0.518. The Morgan fingerprint density at radius 1 is 1.56 bits per heavy atom. The second-order valence-electron chi connectivity index (χ2n) is 5.55. The van der Waals surface area contributed by atoms with Crippen molar-refractivity contribution in [2.24, 2.45) is 5.92 Å². The Balaban J connectivity index is 1.99. The summed E-state index contributed by atoms with van der Waals surface area (Å²) in [4.78, 5) is 6.56. The third-order valence-corrected chi connectivity index (χ3v) is 3.71. The number of aliphatic hydroxyl groups is 1. The van der Waals surface area contributed by atoms with E-state index in [0.717, 1.165) is 31.6 Å². The highest BCUT2D eigenvalue weighted by atomic mass is 16.5. The zero-order chi connectivity index (χ0) is 13.2. The molecule has 18 heavy (non-hydrogen) atoms. The van der Waals surface area contributed by atoms with Gasteiger partial charge in [0.25, 0.3) is 0 Å². The van der Waals surface area contributed by atoms with Crippen LogP contribution in [-0.4, -0.2) is 40.8 Å². The molecule has 4 heteroatoms. The van der Waals surface area contributed by atoms with E-state index in [1.165, 1.54) is 0 Å². The van der Waals surface area contributed by atoms with Crippen LogP contribution in [0.25, 0.3) is 0 Å². The molecule has 0 aromatic carbocycles. The van der Waals surface area contributed by atoms with E-state index >= 15 is 0 Å². The summed E-state index contributed by atoms with van der Waals surface area (Å²) in [5, 5.41) is 10.0. The summed E-state index contributed by atoms with van der Waals surface area (Å²) in [6.45, 7) is 6.58. The van der Waals surface area contributed by atoms with Gasteiger partial charge in [-0.1, -0.05) is 6.07 Å². The molecule has 1 saturated heterocycles. The monoisotopic (exact) mass is 250 g/mol. The fraction of sp³-hybridized carbons (Fsp3) is 0.643. The molecule has 1 fully saturated rings. The lowest BCUT2D eigenvalue weighted by Gasteiger charge is -2.25. The minimum absolute atomic E-state index is 0.347. The largest absolute Gasteiger partial charge is 0.481 e. The van der Waals surface area contributed by atoms with E-state index in [-0.39, 0.29) is 0 Å². The molecule has 0 unspecified atom stereocenters. The molecule has 0 bridgehead atoms. The van der Waals surface area contributed by atoms with Crippen LogP contribution in [0.1, 0.15) is 25.8 Å². The molecule has 0 spiro atoms. The van der Waals surface area contributed by atoms with Crippen LogP contribution in [0.3, 0.4) is 0 Å². The SMILES string of the molecule is COc1ncccc1CN1CC[C@H](C(C)(C)O)C1. The van der Waals surface area contributed by atoms with Gasteiger partial charge >= 0.3 is 0 Å². The van der Waals surface area contributed by atoms with Crippen molar-refractivity contribution >= 4 is 0 Å². The van der Waals surface area contributed by atoms with Gasteiger partial charge in [-0.25, -0.2) is 4.98 Å². The van der Waals surface area contributed by atoms with E-state index in [1.54, 1.807) is 13.3 Å². The first-order valence-electron chi connectivity index (χ1n) is 6.43. The van der Waals surface area contributed by atoms with Crippen LogP contribution in [0.2, 0.25) is 0 Å². The molecular weight excluding hydrogens is 228 g/mol. The maximum absolute atomic E-state index is 10.0. The van der Waals surface area contributed by atoms with Gasteiger partial charge in [-0.3, -0.25) is 4.90 Å². The van der Waals surface area contributed by atoms with Crippen LogP contribution >= 0.6 is 0 Å². The predicted octanol–water partition coefficient (Wildman–Crippen LogP) is 1.68. The molecule has 1 aromatic rings. The molecule has 0 saturated carbocycles. The van der Waals surface area contributed by atoms with Crippen molar-refractivity contribution in [2.45, 2.75) is 32.4 Å². The maximum atomic E-state index is 10.0. The Kier molecular flexibility index (Phi) is 3.88. The van der Waals surface area contributed by atoms with E-state index in [9.17, 15) is 5.11 Å². The zero-order valence-electron chi connectivity index (χ0n) is 11.4. The summed E-state index contributed by atoms with van der Waals surface area (Å²) in [6.07, 6.45) is 2.79. The van der Waals surface area contributed by atoms with E-state index < -0.39 is 5.60 Å². The Morgan fingerprint density at radius 2 is 2.33 bits per heavy atom.